The van der Waals surface area contributed by atoms with Crippen LogP contribution < -0.4 is 0 Å². The van der Waals surface area contributed by atoms with Gasteiger partial charge in [-0.25, -0.2) is 4.68 Å². The van der Waals surface area contributed by atoms with E-state index in [2.05, 4.69) is 23.4 Å². The van der Waals surface area contributed by atoms with Gasteiger partial charge in [-0.3, -0.25) is 14.9 Å². The number of nitrogens with zero attached hydrogens (tertiary/aromatic N) is 5. The third-order valence-corrected chi connectivity index (χ3v) is 6.86. The molecule has 1 amide bonds. The highest BCUT2D eigenvalue weighted by Gasteiger charge is 2.32. The number of nitro benzene ring substituents is 1. The molecule has 0 spiro atoms. The molecule has 1 aliphatic heterocycles. The van der Waals surface area contributed by atoms with Crippen molar-refractivity contribution in [2.75, 3.05) is 33.2 Å². The minimum atomic E-state index is -0.415. The average Bonchev–Trinajstić information content (AvgIpc) is 3.38. The lowest BCUT2D eigenvalue weighted by Gasteiger charge is -2.32. The molecule has 1 saturated heterocycles. The number of hydrogen-bond donors (Lipinski definition) is 0. The fraction of sp³-hybridized carbons (Fsp3) is 0.333. The van der Waals surface area contributed by atoms with E-state index in [4.69, 9.17) is 5.10 Å². The van der Waals surface area contributed by atoms with E-state index in [1.54, 1.807) is 28.2 Å². The van der Waals surface area contributed by atoms with Crippen LogP contribution in [0.1, 0.15) is 20.9 Å². The molecule has 1 aromatic carbocycles. The van der Waals surface area contributed by atoms with Crippen LogP contribution in [0.5, 0.6) is 0 Å². The zero-order valence-corrected chi connectivity index (χ0v) is 17.4. The smallest absolute Gasteiger partial charge is 0.274 e. The van der Waals surface area contributed by atoms with Gasteiger partial charge < -0.3 is 9.80 Å². The van der Waals surface area contributed by atoms with E-state index >= 15 is 0 Å². The van der Waals surface area contributed by atoms with Gasteiger partial charge in [0.15, 0.2) is 5.69 Å². The first-order chi connectivity index (χ1) is 14.5. The number of fused-ring (bicyclic) bond motifs is 3. The summed E-state index contributed by atoms with van der Waals surface area (Å²) in [5, 5.41) is 17.9. The van der Waals surface area contributed by atoms with Crippen molar-refractivity contribution in [2.24, 2.45) is 0 Å². The zero-order chi connectivity index (χ0) is 20.8. The van der Waals surface area contributed by atoms with Crippen LogP contribution >= 0.6 is 11.3 Å². The Labute approximate surface area is 177 Å². The van der Waals surface area contributed by atoms with Gasteiger partial charge in [-0.2, -0.15) is 5.10 Å². The summed E-state index contributed by atoms with van der Waals surface area (Å²) in [4.78, 5) is 29.4. The second kappa shape index (κ2) is 7.33. The molecule has 0 saturated carbocycles. The average molecular weight is 423 g/mol. The topological polar surface area (TPSA) is 84.5 Å². The fourth-order valence-corrected chi connectivity index (χ4v) is 5.06. The van der Waals surface area contributed by atoms with Gasteiger partial charge in [0.1, 0.15) is 0 Å². The maximum Gasteiger partial charge on any atom is 0.274 e. The molecule has 3 heterocycles. The summed E-state index contributed by atoms with van der Waals surface area (Å²) in [7, 11) is 2.06. The first-order valence-corrected chi connectivity index (χ1v) is 10.8. The van der Waals surface area contributed by atoms with Gasteiger partial charge in [0.25, 0.3) is 11.6 Å². The molecule has 154 valence electrons. The quantitative estimate of drug-likeness (QED) is 0.478. The Balaban J connectivity index is 1.61. The third-order valence-electron chi connectivity index (χ3n) is 5.88. The van der Waals surface area contributed by atoms with Gasteiger partial charge in [0.05, 0.1) is 16.3 Å². The standard InChI is InChI=1S/C21H21N5O3S/c1-23-9-11-24(12-10-23)21(27)19-17-6-7-18-16(8-13-30-18)20(17)25(22-19)14-2-4-15(5-3-14)26(28)29/h2-5,8,13H,6-7,9-12H2,1H3. The number of benzene rings is 1. The summed E-state index contributed by atoms with van der Waals surface area (Å²) in [6.07, 6.45) is 1.67. The van der Waals surface area contributed by atoms with Crippen LogP contribution in [0.2, 0.25) is 0 Å². The van der Waals surface area contributed by atoms with E-state index in [1.165, 1.54) is 17.0 Å². The van der Waals surface area contributed by atoms with Gasteiger partial charge in [0.2, 0.25) is 0 Å². The predicted molar refractivity (Wildman–Crippen MR) is 114 cm³/mol. The molecule has 0 bridgehead atoms. The Morgan fingerprint density at radius 2 is 1.83 bits per heavy atom. The maximum absolute atomic E-state index is 13.4. The molecule has 30 heavy (non-hydrogen) atoms. The number of hydrogen-bond acceptors (Lipinski definition) is 6. The van der Waals surface area contributed by atoms with Crippen LogP contribution in [-0.4, -0.2) is 63.6 Å². The van der Waals surface area contributed by atoms with Crippen LogP contribution in [0.15, 0.2) is 35.7 Å². The zero-order valence-electron chi connectivity index (χ0n) is 16.6. The second-order valence-corrected chi connectivity index (χ2v) is 8.71. The highest BCUT2D eigenvalue weighted by atomic mass is 32.1. The number of aryl methyl sites for hydroxylation is 1. The molecule has 1 fully saturated rings. The normalized spacial score (nSPS) is 16.2. The van der Waals surface area contributed by atoms with Crippen molar-refractivity contribution in [2.45, 2.75) is 12.8 Å². The van der Waals surface area contributed by atoms with Crippen molar-refractivity contribution in [3.8, 4) is 16.9 Å². The van der Waals surface area contributed by atoms with Crippen LogP contribution in [0, 0.1) is 10.1 Å². The van der Waals surface area contributed by atoms with E-state index in [9.17, 15) is 14.9 Å². The molecule has 3 aromatic rings. The number of carbonyl (C=O) groups is 1. The van der Waals surface area contributed by atoms with Crippen molar-refractivity contribution >= 4 is 22.9 Å². The SMILES string of the molecule is CN1CCN(C(=O)c2nn(-c3ccc([N+](=O)[O-])cc3)c3c2CCc2sccc2-3)CC1. The van der Waals surface area contributed by atoms with Gasteiger partial charge in [-0.05, 0) is 43.5 Å². The number of piperazine rings is 1. The van der Waals surface area contributed by atoms with Gasteiger partial charge in [-0.15, -0.1) is 11.3 Å². The lowest BCUT2D eigenvalue weighted by atomic mass is 9.94. The highest BCUT2D eigenvalue weighted by Crippen LogP contribution is 2.40. The largest absolute Gasteiger partial charge is 0.335 e. The number of likely N-dealkylation sites (N-methyl/N-ethyl adjacent to an activating group) is 1. The summed E-state index contributed by atoms with van der Waals surface area (Å²) in [6.45, 7) is 3.09. The molecule has 9 heteroatoms. The van der Waals surface area contributed by atoms with Gasteiger partial charge in [-0.1, -0.05) is 0 Å². The highest BCUT2D eigenvalue weighted by molar-refractivity contribution is 7.10. The Morgan fingerprint density at radius 3 is 2.53 bits per heavy atom. The van der Waals surface area contributed by atoms with Crippen molar-refractivity contribution in [1.29, 1.82) is 0 Å². The minimum Gasteiger partial charge on any atom is -0.335 e. The summed E-state index contributed by atoms with van der Waals surface area (Å²) in [5.74, 6) is -0.0290. The Kier molecular flexibility index (Phi) is 4.63. The summed E-state index contributed by atoms with van der Waals surface area (Å²) in [6, 6.07) is 8.41. The van der Waals surface area contributed by atoms with Gasteiger partial charge in [0, 0.05) is 54.3 Å². The predicted octanol–water partition coefficient (Wildman–Crippen LogP) is 3.00. The molecule has 2 aromatic heterocycles. The van der Waals surface area contributed by atoms with Crippen LogP contribution in [0.25, 0.3) is 16.9 Å². The maximum atomic E-state index is 13.4. The molecule has 0 unspecified atom stereocenters. The number of thiophene rings is 1. The number of nitro groups is 1. The monoisotopic (exact) mass is 423 g/mol. The van der Waals surface area contributed by atoms with E-state index in [-0.39, 0.29) is 11.6 Å². The number of aromatic nitrogens is 2. The Hall–Kier alpha value is -3.04. The van der Waals surface area contributed by atoms with Crippen LogP contribution in [0.3, 0.4) is 0 Å². The number of rotatable bonds is 3. The minimum absolute atomic E-state index is 0.0290. The molecular formula is C21H21N5O3S. The van der Waals surface area contributed by atoms with Crippen molar-refractivity contribution < 1.29 is 9.72 Å². The van der Waals surface area contributed by atoms with Crippen LogP contribution in [-0.2, 0) is 12.8 Å². The van der Waals surface area contributed by atoms with Crippen molar-refractivity contribution in [1.82, 2.24) is 19.6 Å². The molecule has 5 rings (SSSR count). The van der Waals surface area contributed by atoms with E-state index in [0.717, 1.165) is 42.8 Å². The van der Waals surface area contributed by atoms with Crippen LogP contribution in [0.4, 0.5) is 5.69 Å². The first kappa shape index (κ1) is 19.0. The number of non-ortho nitro benzene ring substituents is 1. The summed E-state index contributed by atoms with van der Waals surface area (Å²) >= 11 is 1.71. The molecular weight excluding hydrogens is 402 g/mol. The van der Waals surface area contributed by atoms with Gasteiger partial charge >= 0.3 is 0 Å². The molecule has 0 N–H and O–H groups in total. The van der Waals surface area contributed by atoms with E-state index in [1.807, 2.05) is 4.90 Å². The molecule has 2 aliphatic rings. The Bertz CT molecular complexity index is 1130. The number of carbonyl (C=O) groups excluding carboxylic acids is 1. The summed E-state index contributed by atoms with van der Waals surface area (Å²) in [5.41, 5.74) is 4.26. The second-order valence-electron chi connectivity index (χ2n) is 7.71. The Morgan fingerprint density at radius 1 is 1.10 bits per heavy atom. The first-order valence-electron chi connectivity index (χ1n) is 9.94. The number of amides is 1. The van der Waals surface area contributed by atoms with Crippen molar-refractivity contribution in [3.05, 3.63) is 62.0 Å². The fourth-order valence-electron chi connectivity index (χ4n) is 4.18. The molecule has 0 atom stereocenters. The molecule has 1 aliphatic carbocycles. The third kappa shape index (κ3) is 3.10. The lowest BCUT2D eigenvalue weighted by molar-refractivity contribution is -0.384. The van der Waals surface area contributed by atoms with E-state index in [0.29, 0.717) is 24.5 Å². The summed E-state index contributed by atoms with van der Waals surface area (Å²) < 4.78 is 1.78. The van der Waals surface area contributed by atoms with E-state index < -0.39 is 4.92 Å². The molecule has 8 nitrogen and oxygen atoms in total. The van der Waals surface area contributed by atoms with Crippen molar-refractivity contribution in [3.63, 3.8) is 0 Å². The lowest BCUT2D eigenvalue weighted by Crippen LogP contribution is -2.47. The molecule has 0 radical (unpaired) electrons.